The Hall–Kier alpha value is -4.42. The van der Waals surface area contributed by atoms with Crippen LogP contribution in [0.4, 0.5) is 5.69 Å². The highest BCUT2D eigenvalue weighted by Crippen LogP contribution is 2.34. The van der Waals surface area contributed by atoms with Crippen LogP contribution >= 0.6 is 23.1 Å². The van der Waals surface area contributed by atoms with E-state index in [9.17, 15) is 4.79 Å². The van der Waals surface area contributed by atoms with Crippen LogP contribution in [0.25, 0.3) is 17.1 Å². The van der Waals surface area contributed by atoms with Crippen LogP contribution < -0.4 is 14.4 Å². The summed E-state index contributed by atoms with van der Waals surface area (Å²) in [5.41, 5.74) is 3.25. The van der Waals surface area contributed by atoms with Gasteiger partial charge < -0.3 is 19.3 Å². The van der Waals surface area contributed by atoms with Crippen LogP contribution in [0.1, 0.15) is 15.5 Å². The SMILES string of the molecule is COc1ccccc1N1CCN(C(=O)c2csc(CSc3nnc(-c4ccncc4)n3-c3ccccc3OC)n2)CC1. The largest absolute Gasteiger partial charge is 0.495 e. The second kappa shape index (κ2) is 12.6. The minimum Gasteiger partial charge on any atom is -0.495 e. The lowest BCUT2D eigenvalue weighted by molar-refractivity contribution is 0.0741. The molecule has 0 unspecified atom stereocenters. The molecular weight excluding hydrogens is 571 g/mol. The van der Waals surface area contributed by atoms with Gasteiger partial charge in [0.15, 0.2) is 11.0 Å². The Morgan fingerprint density at radius 1 is 0.881 bits per heavy atom. The zero-order valence-electron chi connectivity index (χ0n) is 23.2. The van der Waals surface area contributed by atoms with Crippen LogP contribution in [0.3, 0.4) is 0 Å². The molecule has 5 aromatic rings. The fourth-order valence-corrected chi connectivity index (χ4v) is 6.62. The van der Waals surface area contributed by atoms with Gasteiger partial charge in [0.05, 0.1) is 31.3 Å². The number of rotatable bonds is 9. The molecule has 10 nitrogen and oxygen atoms in total. The molecule has 0 aliphatic carbocycles. The van der Waals surface area contributed by atoms with E-state index < -0.39 is 0 Å². The lowest BCUT2D eigenvalue weighted by Gasteiger charge is -2.36. The molecule has 1 amide bonds. The van der Waals surface area contributed by atoms with Gasteiger partial charge >= 0.3 is 0 Å². The number of para-hydroxylation sites is 4. The standard InChI is InChI=1S/C30H29N7O3S2/c1-39-25-9-5-3-7-23(25)35-15-17-36(18-16-35)29(38)22-19-41-27(32-22)20-42-30-34-33-28(21-11-13-31-14-12-21)37(30)24-8-4-6-10-26(24)40-2/h3-14,19H,15-18,20H2,1-2H3. The summed E-state index contributed by atoms with van der Waals surface area (Å²) in [6, 6.07) is 19.6. The average Bonchev–Trinajstić information content (AvgIpc) is 3.71. The summed E-state index contributed by atoms with van der Waals surface area (Å²) < 4.78 is 13.2. The normalized spacial score (nSPS) is 13.3. The highest BCUT2D eigenvalue weighted by molar-refractivity contribution is 7.98. The molecule has 0 saturated carbocycles. The summed E-state index contributed by atoms with van der Waals surface area (Å²) in [6.45, 7) is 2.71. The van der Waals surface area contributed by atoms with Crippen LogP contribution in [0.15, 0.2) is 83.6 Å². The number of methoxy groups -OCH3 is 2. The number of anilines is 1. The predicted octanol–water partition coefficient (Wildman–Crippen LogP) is 5.06. The van der Waals surface area contributed by atoms with Crippen LogP contribution in [-0.4, -0.2) is 75.9 Å². The molecule has 1 fully saturated rings. The zero-order chi connectivity index (χ0) is 28.9. The lowest BCUT2D eigenvalue weighted by atomic mass is 10.2. The number of piperazine rings is 1. The fraction of sp³-hybridized carbons (Fsp3) is 0.233. The number of hydrogen-bond acceptors (Lipinski definition) is 10. The van der Waals surface area contributed by atoms with E-state index in [1.807, 2.05) is 69.4 Å². The van der Waals surface area contributed by atoms with Crippen molar-refractivity contribution in [1.29, 1.82) is 0 Å². The molecule has 0 N–H and O–H groups in total. The molecular formula is C30H29N7O3S2. The van der Waals surface area contributed by atoms with Gasteiger partial charge in [-0.05, 0) is 36.4 Å². The van der Waals surface area contributed by atoms with Crippen LogP contribution in [0.5, 0.6) is 11.5 Å². The highest BCUT2D eigenvalue weighted by atomic mass is 32.2. The summed E-state index contributed by atoms with van der Waals surface area (Å²) in [6.07, 6.45) is 3.46. The Bertz CT molecular complexity index is 1670. The topological polar surface area (TPSA) is 98.5 Å². The third-order valence-electron chi connectivity index (χ3n) is 6.99. The maximum atomic E-state index is 13.3. The molecule has 6 rings (SSSR count). The minimum absolute atomic E-state index is 0.0423. The van der Waals surface area contributed by atoms with E-state index >= 15 is 0 Å². The molecule has 0 bridgehead atoms. The van der Waals surface area contributed by atoms with E-state index in [1.165, 1.54) is 23.1 Å². The van der Waals surface area contributed by atoms with Crippen molar-refractivity contribution in [3.63, 3.8) is 0 Å². The Balaban J connectivity index is 1.15. The first-order valence-corrected chi connectivity index (χ1v) is 15.3. The van der Waals surface area contributed by atoms with Gasteiger partial charge in [-0.2, -0.15) is 0 Å². The number of ether oxygens (including phenoxy) is 2. The number of pyridine rings is 1. The summed E-state index contributed by atoms with van der Waals surface area (Å²) >= 11 is 2.99. The second-order valence-corrected chi connectivity index (χ2v) is 11.3. The van der Waals surface area contributed by atoms with Crippen molar-refractivity contribution in [3.05, 3.63) is 89.1 Å². The van der Waals surface area contributed by atoms with Gasteiger partial charge in [0.1, 0.15) is 22.2 Å². The van der Waals surface area contributed by atoms with E-state index in [2.05, 4.69) is 31.1 Å². The molecule has 4 heterocycles. The van der Waals surface area contributed by atoms with Crippen LogP contribution in [0.2, 0.25) is 0 Å². The van der Waals surface area contributed by atoms with Crippen molar-refractivity contribution in [1.82, 2.24) is 29.6 Å². The van der Waals surface area contributed by atoms with Crippen molar-refractivity contribution >= 4 is 34.7 Å². The van der Waals surface area contributed by atoms with E-state index in [1.54, 1.807) is 26.6 Å². The van der Waals surface area contributed by atoms with Gasteiger partial charge in [0.25, 0.3) is 5.91 Å². The quantitative estimate of drug-likeness (QED) is 0.215. The Morgan fingerprint density at radius 2 is 1.55 bits per heavy atom. The molecule has 1 aliphatic rings. The maximum Gasteiger partial charge on any atom is 0.273 e. The smallest absolute Gasteiger partial charge is 0.273 e. The van der Waals surface area contributed by atoms with Gasteiger partial charge in [-0.15, -0.1) is 21.5 Å². The van der Waals surface area contributed by atoms with Crippen molar-refractivity contribution in [2.24, 2.45) is 0 Å². The first-order valence-electron chi connectivity index (χ1n) is 13.4. The molecule has 2 aromatic carbocycles. The summed E-state index contributed by atoms with van der Waals surface area (Å²) in [4.78, 5) is 26.2. The predicted molar refractivity (Wildman–Crippen MR) is 164 cm³/mol. The first kappa shape index (κ1) is 27.7. The summed E-state index contributed by atoms with van der Waals surface area (Å²) in [5.74, 6) is 2.74. The molecule has 42 heavy (non-hydrogen) atoms. The lowest BCUT2D eigenvalue weighted by Crippen LogP contribution is -2.49. The number of carbonyl (C=O) groups excluding carboxylic acids is 1. The number of hydrogen-bond donors (Lipinski definition) is 0. The number of carbonyl (C=O) groups is 1. The Morgan fingerprint density at radius 3 is 2.26 bits per heavy atom. The number of nitrogens with zero attached hydrogens (tertiary/aromatic N) is 7. The molecule has 12 heteroatoms. The Kier molecular flexibility index (Phi) is 8.33. The number of thioether (sulfide) groups is 1. The van der Waals surface area contributed by atoms with Crippen molar-refractivity contribution in [3.8, 4) is 28.6 Å². The van der Waals surface area contributed by atoms with Gasteiger partial charge in [-0.3, -0.25) is 14.3 Å². The van der Waals surface area contributed by atoms with Gasteiger partial charge in [0.2, 0.25) is 0 Å². The van der Waals surface area contributed by atoms with Crippen LogP contribution in [0, 0.1) is 0 Å². The fourth-order valence-electron chi connectivity index (χ4n) is 4.89. The van der Waals surface area contributed by atoms with E-state index in [0.29, 0.717) is 41.3 Å². The molecule has 214 valence electrons. The third kappa shape index (κ3) is 5.68. The van der Waals surface area contributed by atoms with Crippen molar-refractivity contribution in [2.75, 3.05) is 45.3 Å². The molecule has 3 aromatic heterocycles. The second-order valence-electron chi connectivity index (χ2n) is 9.42. The van der Waals surface area contributed by atoms with Gasteiger partial charge in [-0.1, -0.05) is 36.0 Å². The van der Waals surface area contributed by atoms with E-state index in [0.717, 1.165) is 40.8 Å². The number of thiazole rings is 1. The first-order chi connectivity index (χ1) is 20.7. The number of aromatic nitrogens is 5. The van der Waals surface area contributed by atoms with E-state index in [4.69, 9.17) is 9.47 Å². The molecule has 0 radical (unpaired) electrons. The summed E-state index contributed by atoms with van der Waals surface area (Å²) in [5, 5.41) is 12.4. The Labute approximate surface area is 252 Å². The molecule has 0 atom stereocenters. The third-order valence-corrected chi connectivity index (χ3v) is 8.96. The van der Waals surface area contributed by atoms with Gasteiger partial charge in [-0.25, -0.2) is 4.98 Å². The zero-order valence-corrected chi connectivity index (χ0v) is 24.8. The number of amides is 1. The highest BCUT2D eigenvalue weighted by Gasteiger charge is 2.26. The monoisotopic (exact) mass is 599 g/mol. The van der Waals surface area contributed by atoms with Gasteiger partial charge in [0, 0.05) is 49.5 Å². The molecule has 0 spiro atoms. The maximum absolute atomic E-state index is 13.3. The van der Waals surface area contributed by atoms with E-state index in [-0.39, 0.29) is 5.91 Å². The van der Waals surface area contributed by atoms with Crippen molar-refractivity contribution < 1.29 is 14.3 Å². The van der Waals surface area contributed by atoms with Crippen LogP contribution in [-0.2, 0) is 5.75 Å². The summed E-state index contributed by atoms with van der Waals surface area (Å²) in [7, 11) is 3.33. The minimum atomic E-state index is -0.0423. The number of benzene rings is 2. The average molecular weight is 600 g/mol. The van der Waals surface area contributed by atoms with Crippen molar-refractivity contribution in [2.45, 2.75) is 10.9 Å². The molecule has 1 aliphatic heterocycles. The molecule has 1 saturated heterocycles.